The zero-order chi connectivity index (χ0) is 12.8. The summed E-state index contributed by atoms with van der Waals surface area (Å²) >= 11 is 0. The van der Waals surface area contributed by atoms with Crippen LogP contribution in [0.5, 0.6) is 5.75 Å². The second kappa shape index (κ2) is 6.74. The Hall–Kier alpha value is -1.09. The van der Waals surface area contributed by atoms with Crippen LogP contribution in [0.4, 0.5) is 4.39 Å². The molecule has 0 saturated heterocycles. The van der Waals surface area contributed by atoms with Gasteiger partial charge in [-0.3, -0.25) is 0 Å². The van der Waals surface area contributed by atoms with Crippen LogP contribution in [0.3, 0.4) is 0 Å². The van der Waals surface area contributed by atoms with E-state index in [0.29, 0.717) is 12.6 Å². The number of halogens is 1. The van der Waals surface area contributed by atoms with Gasteiger partial charge in [0.2, 0.25) is 0 Å². The Morgan fingerprint density at radius 2 is 1.83 bits per heavy atom. The lowest BCUT2D eigenvalue weighted by Gasteiger charge is -2.27. The Balaban J connectivity index is 1.60. The molecule has 0 atom stereocenters. The van der Waals surface area contributed by atoms with Gasteiger partial charge in [0.05, 0.1) is 0 Å². The monoisotopic (exact) mass is 251 g/mol. The second-order valence-electron chi connectivity index (χ2n) is 5.21. The average Bonchev–Trinajstić information content (AvgIpc) is 2.39. The smallest absolute Gasteiger partial charge is 0.123 e. The number of nitrogens with one attached hydrogen (secondary N) is 1. The van der Waals surface area contributed by atoms with Crippen molar-refractivity contribution >= 4 is 0 Å². The van der Waals surface area contributed by atoms with Crippen molar-refractivity contribution < 1.29 is 9.13 Å². The summed E-state index contributed by atoms with van der Waals surface area (Å²) in [5.41, 5.74) is 0. The van der Waals surface area contributed by atoms with Crippen LogP contribution in [-0.2, 0) is 0 Å². The summed E-state index contributed by atoms with van der Waals surface area (Å²) in [7, 11) is 0. The predicted octanol–water partition coefficient (Wildman–Crippen LogP) is 3.37. The maximum Gasteiger partial charge on any atom is 0.123 e. The Labute approximate surface area is 109 Å². The molecular weight excluding hydrogens is 229 g/mol. The van der Waals surface area contributed by atoms with Crippen molar-refractivity contribution in [1.82, 2.24) is 5.32 Å². The van der Waals surface area contributed by atoms with E-state index in [9.17, 15) is 4.39 Å². The molecule has 1 saturated carbocycles. The summed E-state index contributed by atoms with van der Waals surface area (Å²) in [4.78, 5) is 0. The molecule has 0 heterocycles. The van der Waals surface area contributed by atoms with Crippen molar-refractivity contribution in [3.63, 3.8) is 0 Å². The zero-order valence-corrected chi connectivity index (χ0v) is 11.0. The van der Waals surface area contributed by atoms with E-state index in [2.05, 4.69) is 12.2 Å². The van der Waals surface area contributed by atoms with Crippen LogP contribution >= 0.6 is 0 Å². The first-order valence-corrected chi connectivity index (χ1v) is 6.86. The van der Waals surface area contributed by atoms with Gasteiger partial charge in [-0.2, -0.15) is 0 Å². The number of rotatable bonds is 5. The first-order valence-electron chi connectivity index (χ1n) is 6.86. The minimum absolute atomic E-state index is 0.225. The molecule has 100 valence electrons. The molecule has 0 aromatic heterocycles. The van der Waals surface area contributed by atoms with Gasteiger partial charge in [0.15, 0.2) is 0 Å². The Kier molecular flexibility index (Phi) is 5.00. The molecule has 0 spiro atoms. The van der Waals surface area contributed by atoms with Gasteiger partial charge in [-0.05, 0) is 55.9 Å². The number of ether oxygens (including phenoxy) is 1. The van der Waals surface area contributed by atoms with Crippen molar-refractivity contribution in [1.29, 1.82) is 0 Å². The van der Waals surface area contributed by atoms with Crippen LogP contribution in [0.25, 0.3) is 0 Å². The van der Waals surface area contributed by atoms with Crippen LogP contribution in [0.15, 0.2) is 24.3 Å². The van der Waals surface area contributed by atoms with Gasteiger partial charge >= 0.3 is 0 Å². The van der Waals surface area contributed by atoms with Gasteiger partial charge < -0.3 is 10.1 Å². The first-order chi connectivity index (χ1) is 8.74. The van der Waals surface area contributed by atoms with Crippen molar-refractivity contribution in [2.45, 2.75) is 38.6 Å². The normalized spacial score (nSPS) is 23.9. The average molecular weight is 251 g/mol. The molecule has 0 bridgehead atoms. The Morgan fingerprint density at radius 1 is 1.17 bits per heavy atom. The fourth-order valence-corrected chi connectivity index (χ4v) is 2.43. The molecule has 2 rings (SSSR count). The van der Waals surface area contributed by atoms with E-state index in [0.717, 1.165) is 18.2 Å². The highest BCUT2D eigenvalue weighted by Gasteiger charge is 2.17. The van der Waals surface area contributed by atoms with E-state index < -0.39 is 0 Å². The SMILES string of the molecule is CC1CCC(NCCOc2ccc(F)cc2)CC1. The third kappa shape index (κ3) is 4.30. The molecule has 1 N–H and O–H groups in total. The molecule has 0 radical (unpaired) electrons. The van der Waals surface area contributed by atoms with Gasteiger partial charge in [0, 0.05) is 12.6 Å². The number of hydrogen-bond donors (Lipinski definition) is 1. The largest absolute Gasteiger partial charge is 0.492 e. The highest BCUT2D eigenvalue weighted by Crippen LogP contribution is 2.23. The molecule has 1 aliphatic carbocycles. The van der Waals surface area contributed by atoms with E-state index in [4.69, 9.17) is 4.74 Å². The molecule has 18 heavy (non-hydrogen) atoms. The molecule has 1 fully saturated rings. The van der Waals surface area contributed by atoms with Crippen molar-refractivity contribution in [3.05, 3.63) is 30.1 Å². The fourth-order valence-electron chi connectivity index (χ4n) is 2.43. The van der Waals surface area contributed by atoms with Crippen LogP contribution in [-0.4, -0.2) is 19.2 Å². The van der Waals surface area contributed by atoms with Crippen molar-refractivity contribution in [3.8, 4) is 5.75 Å². The van der Waals surface area contributed by atoms with E-state index in [1.54, 1.807) is 12.1 Å². The summed E-state index contributed by atoms with van der Waals surface area (Å²) in [5.74, 6) is 1.39. The highest BCUT2D eigenvalue weighted by atomic mass is 19.1. The number of benzene rings is 1. The third-order valence-electron chi connectivity index (χ3n) is 3.63. The second-order valence-corrected chi connectivity index (χ2v) is 5.21. The standard InChI is InChI=1S/C15H22FNO/c1-12-2-6-14(7-3-12)17-10-11-18-15-8-4-13(16)5-9-15/h4-5,8-9,12,14,17H,2-3,6-7,10-11H2,1H3. The van der Waals surface area contributed by atoms with Crippen molar-refractivity contribution in [2.75, 3.05) is 13.2 Å². The molecule has 0 unspecified atom stereocenters. The molecule has 0 amide bonds. The summed E-state index contributed by atoms with van der Waals surface area (Å²) in [6, 6.07) is 6.82. The van der Waals surface area contributed by atoms with Gasteiger partial charge in [0.25, 0.3) is 0 Å². The zero-order valence-electron chi connectivity index (χ0n) is 11.0. The lowest BCUT2D eigenvalue weighted by molar-refractivity contribution is 0.270. The molecular formula is C15H22FNO. The molecule has 1 aliphatic rings. The molecule has 0 aliphatic heterocycles. The maximum atomic E-state index is 12.7. The molecule has 1 aromatic rings. The lowest BCUT2D eigenvalue weighted by atomic mass is 9.87. The van der Waals surface area contributed by atoms with Gasteiger partial charge in [-0.1, -0.05) is 6.92 Å². The minimum Gasteiger partial charge on any atom is -0.492 e. The lowest BCUT2D eigenvalue weighted by Crippen LogP contribution is -2.35. The maximum absolute atomic E-state index is 12.7. The summed E-state index contributed by atoms with van der Waals surface area (Å²) in [6.07, 6.45) is 5.21. The van der Waals surface area contributed by atoms with Crippen LogP contribution in [0.1, 0.15) is 32.6 Å². The van der Waals surface area contributed by atoms with E-state index in [1.807, 2.05) is 0 Å². The number of hydrogen-bond acceptors (Lipinski definition) is 2. The fraction of sp³-hybridized carbons (Fsp3) is 0.600. The van der Waals surface area contributed by atoms with Crippen LogP contribution < -0.4 is 10.1 Å². The summed E-state index contributed by atoms with van der Waals surface area (Å²) < 4.78 is 18.2. The summed E-state index contributed by atoms with van der Waals surface area (Å²) in [5, 5.41) is 3.52. The third-order valence-corrected chi connectivity index (χ3v) is 3.63. The minimum atomic E-state index is -0.225. The van der Waals surface area contributed by atoms with E-state index in [-0.39, 0.29) is 5.82 Å². The summed E-state index contributed by atoms with van der Waals surface area (Å²) in [6.45, 7) is 3.82. The topological polar surface area (TPSA) is 21.3 Å². The van der Waals surface area contributed by atoms with Gasteiger partial charge in [-0.15, -0.1) is 0 Å². The van der Waals surface area contributed by atoms with E-state index >= 15 is 0 Å². The van der Waals surface area contributed by atoms with Gasteiger partial charge in [0.1, 0.15) is 18.2 Å². The quantitative estimate of drug-likeness (QED) is 0.810. The predicted molar refractivity (Wildman–Crippen MR) is 71.3 cm³/mol. The van der Waals surface area contributed by atoms with Crippen LogP contribution in [0.2, 0.25) is 0 Å². The van der Waals surface area contributed by atoms with E-state index in [1.165, 1.54) is 37.8 Å². The highest BCUT2D eigenvalue weighted by molar-refractivity contribution is 5.21. The molecule has 2 nitrogen and oxygen atoms in total. The Morgan fingerprint density at radius 3 is 2.50 bits per heavy atom. The Bertz CT molecular complexity index is 344. The molecule has 3 heteroatoms. The van der Waals surface area contributed by atoms with Crippen LogP contribution in [0, 0.1) is 11.7 Å². The molecule has 1 aromatic carbocycles. The van der Waals surface area contributed by atoms with Crippen molar-refractivity contribution in [2.24, 2.45) is 5.92 Å². The van der Waals surface area contributed by atoms with Gasteiger partial charge in [-0.25, -0.2) is 4.39 Å². The first kappa shape index (κ1) is 13.3.